The Morgan fingerprint density at radius 3 is 2.41 bits per heavy atom. The van der Waals surface area contributed by atoms with Crippen LogP contribution in [0.15, 0.2) is 48.5 Å². The van der Waals surface area contributed by atoms with Crippen LogP contribution in [-0.2, 0) is 11.2 Å². The van der Waals surface area contributed by atoms with Gasteiger partial charge in [0, 0.05) is 19.8 Å². The van der Waals surface area contributed by atoms with E-state index >= 15 is 0 Å². The molecule has 0 radical (unpaired) electrons. The standard InChI is InChI=1S/C18H21NO3/c1-19(2)15-6-4-5-13(11-15)12-17(18(20)21)14-7-9-16(22-3)10-8-14/h4-11,17H,12H2,1-3H3,(H,20,21). The van der Waals surface area contributed by atoms with Crippen LogP contribution in [0.1, 0.15) is 17.0 Å². The molecule has 0 aliphatic carbocycles. The molecule has 0 bridgehead atoms. The van der Waals surface area contributed by atoms with Crippen LogP contribution in [0.4, 0.5) is 5.69 Å². The molecule has 22 heavy (non-hydrogen) atoms. The van der Waals surface area contributed by atoms with Gasteiger partial charge in [0.25, 0.3) is 0 Å². The number of aliphatic carboxylic acids is 1. The zero-order valence-electron chi connectivity index (χ0n) is 13.1. The lowest BCUT2D eigenvalue weighted by Crippen LogP contribution is -2.15. The number of hydrogen-bond donors (Lipinski definition) is 1. The normalized spacial score (nSPS) is 11.8. The number of benzene rings is 2. The summed E-state index contributed by atoms with van der Waals surface area (Å²) < 4.78 is 5.12. The summed E-state index contributed by atoms with van der Waals surface area (Å²) in [6, 6.07) is 15.2. The summed E-state index contributed by atoms with van der Waals surface area (Å²) in [6.45, 7) is 0. The van der Waals surface area contributed by atoms with Gasteiger partial charge in [-0.1, -0.05) is 24.3 Å². The van der Waals surface area contributed by atoms with Crippen molar-refractivity contribution in [2.75, 3.05) is 26.1 Å². The van der Waals surface area contributed by atoms with E-state index in [0.717, 1.165) is 22.6 Å². The molecule has 2 rings (SSSR count). The van der Waals surface area contributed by atoms with E-state index in [4.69, 9.17) is 4.74 Å². The number of hydrogen-bond acceptors (Lipinski definition) is 3. The summed E-state index contributed by atoms with van der Waals surface area (Å²) in [6.07, 6.45) is 0.462. The largest absolute Gasteiger partial charge is 0.497 e. The van der Waals surface area contributed by atoms with Crippen molar-refractivity contribution in [3.05, 3.63) is 59.7 Å². The van der Waals surface area contributed by atoms with Gasteiger partial charge >= 0.3 is 5.97 Å². The summed E-state index contributed by atoms with van der Waals surface area (Å²) >= 11 is 0. The van der Waals surface area contributed by atoms with Crippen LogP contribution in [0.3, 0.4) is 0 Å². The molecular weight excluding hydrogens is 278 g/mol. The molecule has 116 valence electrons. The first-order chi connectivity index (χ1) is 10.5. The van der Waals surface area contributed by atoms with Crippen molar-refractivity contribution in [3.63, 3.8) is 0 Å². The quantitative estimate of drug-likeness (QED) is 0.890. The van der Waals surface area contributed by atoms with Gasteiger partial charge in [-0.05, 0) is 41.8 Å². The van der Waals surface area contributed by atoms with E-state index in [1.807, 2.05) is 55.4 Å². The monoisotopic (exact) mass is 299 g/mol. The van der Waals surface area contributed by atoms with Gasteiger partial charge in [0.05, 0.1) is 13.0 Å². The first kappa shape index (κ1) is 15.9. The van der Waals surface area contributed by atoms with Crippen LogP contribution in [-0.4, -0.2) is 32.3 Å². The molecule has 0 saturated carbocycles. The Balaban J connectivity index is 2.25. The van der Waals surface area contributed by atoms with Crippen LogP contribution >= 0.6 is 0 Å². The van der Waals surface area contributed by atoms with Crippen LogP contribution in [0.5, 0.6) is 5.75 Å². The molecule has 4 heteroatoms. The molecule has 1 atom stereocenters. The topological polar surface area (TPSA) is 49.8 Å². The second-order valence-electron chi connectivity index (χ2n) is 5.43. The highest BCUT2D eigenvalue weighted by Gasteiger charge is 2.20. The van der Waals surface area contributed by atoms with E-state index in [0.29, 0.717) is 6.42 Å². The highest BCUT2D eigenvalue weighted by molar-refractivity contribution is 5.76. The molecule has 1 N–H and O–H groups in total. The number of carboxylic acids is 1. The summed E-state index contributed by atoms with van der Waals surface area (Å²) in [5, 5.41) is 9.55. The maximum Gasteiger partial charge on any atom is 0.311 e. The molecule has 0 heterocycles. The Kier molecular flexibility index (Phi) is 5.04. The second kappa shape index (κ2) is 6.98. The summed E-state index contributed by atoms with van der Waals surface area (Å²) in [4.78, 5) is 13.6. The van der Waals surface area contributed by atoms with E-state index in [1.165, 1.54) is 0 Å². The Morgan fingerprint density at radius 1 is 1.18 bits per heavy atom. The van der Waals surface area contributed by atoms with Crippen LogP contribution in [0.25, 0.3) is 0 Å². The number of carbonyl (C=O) groups is 1. The molecule has 0 fully saturated rings. The minimum atomic E-state index is -0.819. The summed E-state index contributed by atoms with van der Waals surface area (Å²) in [5.41, 5.74) is 2.86. The number of rotatable bonds is 6. The molecule has 2 aromatic rings. The van der Waals surface area contributed by atoms with Crippen LogP contribution < -0.4 is 9.64 Å². The molecule has 0 amide bonds. The average Bonchev–Trinajstić information content (AvgIpc) is 2.53. The first-order valence-corrected chi connectivity index (χ1v) is 7.14. The van der Waals surface area contributed by atoms with Crippen molar-refractivity contribution >= 4 is 11.7 Å². The van der Waals surface area contributed by atoms with E-state index in [9.17, 15) is 9.90 Å². The van der Waals surface area contributed by atoms with Crippen molar-refractivity contribution in [2.24, 2.45) is 0 Å². The number of carboxylic acid groups (broad SMARTS) is 1. The third-order valence-corrected chi connectivity index (χ3v) is 3.68. The average molecular weight is 299 g/mol. The SMILES string of the molecule is COc1ccc(C(Cc2cccc(N(C)C)c2)C(=O)O)cc1. The smallest absolute Gasteiger partial charge is 0.311 e. The van der Waals surface area contributed by atoms with Gasteiger partial charge in [0.15, 0.2) is 0 Å². The predicted molar refractivity (Wildman–Crippen MR) is 87.8 cm³/mol. The van der Waals surface area contributed by atoms with Gasteiger partial charge < -0.3 is 14.7 Å². The van der Waals surface area contributed by atoms with Crippen molar-refractivity contribution in [1.82, 2.24) is 0 Å². The Morgan fingerprint density at radius 2 is 1.86 bits per heavy atom. The number of methoxy groups -OCH3 is 1. The predicted octanol–water partition coefficient (Wildman–Crippen LogP) is 3.17. The Labute approximate surface area is 131 Å². The fraction of sp³-hybridized carbons (Fsp3) is 0.278. The van der Waals surface area contributed by atoms with E-state index in [-0.39, 0.29) is 0 Å². The van der Waals surface area contributed by atoms with Gasteiger partial charge in [-0.25, -0.2) is 0 Å². The van der Waals surface area contributed by atoms with Gasteiger partial charge in [0.1, 0.15) is 5.75 Å². The maximum absolute atomic E-state index is 11.6. The molecule has 0 spiro atoms. The third-order valence-electron chi connectivity index (χ3n) is 3.68. The minimum Gasteiger partial charge on any atom is -0.497 e. The highest BCUT2D eigenvalue weighted by atomic mass is 16.5. The number of ether oxygens (including phenoxy) is 1. The minimum absolute atomic E-state index is 0.462. The molecule has 0 aliphatic heterocycles. The van der Waals surface area contributed by atoms with Crippen molar-refractivity contribution < 1.29 is 14.6 Å². The third kappa shape index (κ3) is 3.79. The summed E-state index contributed by atoms with van der Waals surface area (Å²) in [5.74, 6) is -0.661. The zero-order chi connectivity index (χ0) is 16.1. The molecule has 0 aromatic heterocycles. The van der Waals surface area contributed by atoms with Gasteiger partial charge in [-0.3, -0.25) is 4.79 Å². The zero-order valence-corrected chi connectivity index (χ0v) is 13.1. The highest BCUT2D eigenvalue weighted by Crippen LogP contribution is 2.25. The van der Waals surface area contributed by atoms with Gasteiger partial charge in [-0.2, -0.15) is 0 Å². The number of anilines is 1. The Hall–Kier alpha value is -2.49. The van der Waals surface area contributed by atoms with Crippen molar-refractivity contribution in [2.45, 2.75) is 12.3 Å². The fourth-order valence-corrected chi connectivity index (χ4v) is 2.38. The first-order valence-electron chi connectivity index (χ1n) is 7.14. The lowest BCUT2D eigenvalue weighted by Gasteiger charge is -2.16. The molecular formula is C18H21NO3. The Bertz CT molecular complexity index is 635. The molecule has 2 aromatic carbocycles. The van der Waals surface area contributed by atoms with Crippen molar-refractivity contribution in [3.8, 4) is 5.75 Å². The van der Waals surface area contributed by atoms with E-state index in [2.05, 4.69) is 0 Å². The van der Waals surface area contributed by atoms with Crippen LogP contribution in [0.2, 0.25) is 0 Å². The van der Waals surface area contributed by atoms with E-state index < -0.39 is 11.9 Å². The molecule has 0 saturated heterocycles. The lowest BCUT2D eigenvalue weighted by molar-refractivity contribution is -0.138. The second-order valence-corrected chi connectivity index (χ2v) is 5.43. The molecule has 4 nitrogen and oxygen atoms in total. The van der Waals surface area contributed by atoms with Crippen LogP contribution in [0, 0.1) is 0 Å². The maximum atomic E-state index is 11.6. The fourth-order valence-electron chi connectivity index (χ4n) is 2.38. The number of nitrogens with zero attached hydrogens (tertiary/aromatic N) is 1. The van der Waals surface area contributed by atoms with Gasteiger partial charge in [-0.15, -0.1) is 0 Å². The molecule has 0 aliphatic rings. The van der Waals surface area contributed by atoms with Gasteiger partial charge in [0.2, 0.25) is 0 Å². The van der Waals surface area contributed by atoms with Crippen molar-refractivity contribution in [1.29, 1.82) is 0 Å². The summed E-state index contributed by atoms with van der Waals surface area (Å²) in [7, 11) is 5.53. The molecule has 1 unspecified atom stereocenters. The lowest BCUT2D eigenvalue weighted by atomic mass is 9.92. The van der Waals surface area contributed by atoms with E-state index in [1.54, 1.807) is 19.2 Å².